The Bertz CT molecular complexity index is 346. The summed E-state index contributed by atoms with van der Waals surface area (Å²) >= 11 is 0. The summed E-state index contributed by atoms with van der Waals surface area (Å²) in [6, 6.07) is -0.575. The van der Waals surface area contributed by atoms with Crippen LogP contribution in [0.1, 0.15) is 52.4 Å². The molecule has 0 aromatic carbocycles. The molecule has 1 saturated carbocycles. The summed E-state index contributed by atoms with van der Waals surface area (Å²) in [5.74, 6) is -0.327. The van der Waals surface area contributed by atoms with Gasteiger partial charge in [-0.25, -0.2) is 4.79 Å². The second-order valence-electron chi connectivity index (χ2n) is 4.94. The van der Waals surface area contributed by atoms with E-state index in [9.17, 15) is 14.4 Å². The predicted molar refractivity (Wildman–Crippen MR) is 65.7 cm³/mol. The van der Waals surface area contributed by atoms with Crippen LogP contribution in [0.5, 0.6) is 0 Å². The summed E-state index contributed by atoms with van der Waals surface area (Å²) in [7, 11) is 0. The Morgan fingerprint density at radius 2 is 1.39 bits per heavy atom. The Morgan fingerprint density at radius 3 is 1.72 bits per heavy atom. The van der Waals surface area contributed by atoms with Crippen molar-refractivity contribution in [2.75, 3.05) is 0 Å². The number of hydrogen-bond acceptors (Lipinski definition) is 3. The second-order valence-corrected chi connectivity index (χ2v) is 4.94. The van der Waals surface area contributed by atoms with Crippen molar-refractivity contribution < 1.29 is 14.4 Å². The van der Waals surface area contributed by atoms with E-state index < -0.39 is 6.03 Å². The molecule has 5 nitrogen and oxygen atoms in total. The summed E-state index contributed by atoms with van der Waals surface area (Å²) in [4.78, 5) is 38.8. The highest BCUT2D eigenvalue weighted by molar-refractivity contribution is 6.04. The minimum absolute atomic E-state index is 0.0887. The van der Waals surface area contributed by atoms with E-state index in [4.69, 9.17) is 0 Å². The van der Waals surface area contributed by atoms with Gasteiger partial charge in [-0.1, -0.05) is 26.7 Å². The summed E-state index contributed by atoms with van der Waals surface area (Å²) in [6.07, 6.45) is 4.32. The molecule has 100 valence electrons. The second kappa shape index (κ2) is 5.08. The van der Waals surface area contributed by atoms with Gasteiger partial charge in [0.15, 0.2) is 0 Å². The van der Waals surface area contributed by atoms with Gasteiger partial charge >= 0.3 is 6.03 Å². The molecule has 2 atom stereocenters. The summed E-state index contributed by atoms with van der Waals surface area (Å²) in [6.45, 7) is 3.50. The standard InChI is InChI=1S/C13H20N2O3/c1-3-11(16)14-9-7-5-6-8-10(9)15(13(14)18)12(17)4-2/h9-10H,3-8H2,1-2H3/t9-,10-/m0/s1. The average Bonchev–Trinajstić information content (AvgIpc) is 2.69. The third kappa shape index (κ3) is 1.91. The average molecular weight is 252 g/mol. The van der Waals surface area contributed by atoms with Gasteiger partial charge in [-0.3, -0.25) is 19.4 Å². The van der Waals surface area contributed by atoms with E-state index in [1.54, 1.807) is 13.8 Å². The lowest BCUT2D eigenvalue weighted by Gasteiger charge is -2.30. The lowest BCUT2D eigenvalue weighted by Crippen LogP contribution is -2.42. The largest absolute Gasteiger partial charge is 0.334 e. The van der Waals surface area contributed by atoms with Gasteiger partial charge in [0.05, 0.1) is 12.1 Å². The molecule has 4 amide bonds. The molecule has 1 aliphatic carbocycles. The number of amides is 4. The number of rotatable bonds is 2. The molecule has 5 heteroatoms. The van der Waals surface area contributed by atoms with Gasteiger partial charge in [0, 0.05) is 12.8 Å². The summed E-state index contributed by atoms with van der Waals surface area (Å²) in [5.41, 5.74) is 0. The van der Waals surface area contributed by atoms with Crippen molar-refractivity contribution in [3.05, 3.63) is 0 Å². The molecule has 0 bridgehead atoms. The highest BCUT2D eigenvalue weighted by Crippen LogP contribution is 2.34. The first-order valence-electron chi connectivity index (χ1n) is 6.79. The van der Waals surface area contributed by atoms with Crippen molar-refractivity contribution in [3.63, 3.8) is 0 Å². The van der Waals surface area contributed by atoms with Crippen molar-refractivity contribution >= 4 is 17.8 Å². The molecule has 0 aromatic rings. The van der Waals surface area contributed by atoms with E-state index in [0.29, 0.717) is 12.8 Å². The third-order valence-electron chi connectivity index (χ3n) is 3.91. The molecule has 2 aliphatic rings. The van der Waals surface area contributed by atoms with E-state index >= 15 is 0 Å². The Hall–Kier alpha value is -1.39. The maximum absolute atomic E-state index is 12.3. The molecule has 0 spiro atoms. The van der Waals surface area contributed by atoms with Crippen LogP contribution >= 0.6 is 0 Å². The van der Waals surface area contributed by atoms with E-state index in [1.165, 1.54) is 9.80 Å². The molecule has 0 radical (unpaired) electrons. The molecule has 2 fully saturated rings. The van der Waals surface area contributed by atoms with Crippen LogP contribution in [0.2, 0.25) is 0 Å². The topological polar surface area (TPSA) is 57.7 Å². The number of imide groups is 2. The van der Waals surface area contributed by atoms with E-state index in [2.05, 4.69) is 0 Å². The lowest BCUT2D eigenvalue weighted by atomic mass is 9.90. The van der Waals surface area contributed by atoms with E-state index in [0.717, 1.165) is 25.7 Å². The molecular weight excluding hydrogens is 232 g/mol. The van der Waals surface area contributed by atoms with Gasteiger partial charge in [-0.05, 0) is 12.8 Å². The zero-order valence-corrected chi connectivity index (χ0v) is 11.0. The first kappa shape index (κ1) is 13.1. The Balaban J connectivity index is 2.31. The minimum atomic E-state index is -0.398. The van der Waals surface area contributed by atoms with Crippen LogP contribution in [-0.4, -0.2) is 39.7 Å². The highest BCUT2D eigenvalue weighted by Gasteiger charge is 2.50. The Morgan fingerprint density at radius 1 is 1.00 bits per heavy atom. The van der Waals surface area contributed by atoms with Crippen molar-refractivity contribution in [2.24, 2.45) is 0 Å². The summed E-state index contributed by atoms with van der Waals surface area (Å²) in [5, 5.41) is 0. The molecule has 0 N–H and O–H groups in total. The minimum Gasteiger partial charge on any atom is -0.274 e. The Labute approximate surface area is 107 Å². The fourth-order valence-corrected chi connectivity index (χ4v) is 3.02. The zero-order valence-electron chi connectivity index (χ0n) is 11.0. The highest BCUT2D eigenvalue weighted by atomic mass is 16.2. The SMILES string of the molecule is CCC(=O)N1C(=O)N(C(=O)CC)[C@H]2CCCC[C@@H]21. The lowest BCUT2D eigenvalue weighted by molar-refractivity contribution is -0.129. The fourth-order valence-electron chi connectivity index (χ4n) is 3.02. The molecule has 1 aliphatic heterocycles. The summed E-state index contributed by atoms with van der Waals surface area (Å²) < 4.78 is 0. The van der Waals surface area contributed by atoms with Crippen molar-refractivity contribution in [1.82, 2.24) is 9.80 Å². The van der Waals surface area contributed by atoms with Gasteiger partial charge in [-0.15, -0.1) is 0 Å². The molecular formula is C13H20N2O3. The van der Waals surface area contributed by atoms with Crippen molar-refractivity contribution in [3.8, 4) is 0 Å². The maximum Gasteiger partial charge on any atom is 0.334 e. The monoisotopic (exact) mass is 252 g/mol. The van der Waals surface area contributed by atoms with Crippen molar-refractivity contribution in [1.29, 1.82) is 0 Å². The first-order chi connectivity index (χ1) is 8.61. The van der Waals surface area contributed by atoms with E-state index in [-0.39, 0.29) is 23.9 Å². The molecule has 0 aromatic heterocycles. The van der Waals surface area contributed by atoms with Crippen LogP contribution in [-0.2, 0) is 9.59 Å². The fraction of sp³-hybridized carbons (Fsp3) is 0.769. The van der Waals surface area contributed by atoms with E-state index in [1.807, 2.05) is 0 Å². The predicted octanol–water partition coefficient (Wildman–Crippen LogP) is 1.91. The quantitative estimate of drug-likeness (QED) is 0.754. The smallest absolute Gasteiger partial charge is 0.274 e. The van der Waals surface area contributed by atoms with Crippen LogP contribution in [0.25, 0.3) is 0 Å². The van der Waals surface area contributed by atoms with Crippen molar-refractivity contribution in [2.45, 2.75) is 64.5 Å². The number of carbonyl (C=O) groups excluding carboxylic acids is 3. The molecule has 1 heterocycles. The molecule has 1 saturated heterocycles. The Kier molecular flexibility index (Phi) is 3.68. The molecule has 18 heavy (non-hydrogen) atoms. The first-order valence-corrected chi connectivity index (χ1v) is 6.79. The van der Waals surface area contributed by atoms with Gasteiger partial charge < -0.3 is 0 Å². The number of carbonyl (C=O) groups is 3. The third-order valence-corrected chi connectivity index (χ3v) is 3.91. The molecule has 0 unspecified atom stereocenters. The van der Waals surface area contributed by atoms with Gasteiger partial charge in [-0.2, -0.15) is 0 Å². The van der Waals surface area contributed by atoms with Crippen LogP contribution in [0.3, 0.4) is 0 Å². The number of nitrogens with zero attached hydrogens (tertiary/aromatic N) is 2. The number of urea groups is 1. The normalized spacial score (nSPS) is 27.3. The zero-order chi connectivity index (χ0) is 13.3. The number of fused-ring (bicyclic) bond motifs is 1. The van der Waals surface area contributed by atoms with Gasteiger partial charge in [0.1, 0.15) is 0 Å². The van der Waals surface area contributed by atoms with Crippen LogP contribution in [0.15, 0.2) is 0 Å². The van der Waals surface area contributed by atoms with Crippen LogP contribution in [0.4, 0.5) is 4.79 Å². The van der Waals surface area contributed by atoms with Gasteiger partial charge in [0.25, 0.3) is 0 Å². The maximum atomic E-state index is 12.3. The number of hydrogen-bond donors (Lipinski definition) is 0. The molecule has 2 rings (SSSR count). The van der Waals surface area contributed by atoms with Crippen LogP contribution < -0.4 is 0 Å². The van der Waals surface area contributed by atoms with Gasteiger partial charge in [0.2, 0.25) is 11.8 Å². The van der Waals surface area contributed by atoms with Crippen LogP contribution in [0, 0.1) is 0 Å².